The van der Waals surface area contributed by atoms with E-state index < -0.39 is 0 Å². The van der Waals surface area contributed by atoms with Crippen LogP contribution in [0.3, 0.4) is 0 Å². The lowest BCUT2D eigenvalue weighted by Crippen LogP contribution is -2.38. The molecule has 5 nitrogen and oxygen atoms in total. The maximum absolute atomic E-state index is 5.82. The minimum atomic E-state index is 0.269. The summed E-state index contributed by atoms with van der Waals surface area (Å²) < 4.78 is 17.3. The highest BCUT2D eigenvalue weighted by molar-refractivity contribution is 4.73. The van der Waals surface area contributed by atoms with Crippen molar-refractivity contribution in [2.75, 3.05) is 52.6 Å². The summed E-state index contributed by atoms with van der Waals surface area (Å²) >= 11 is 0. The molecule has 2 heterocycles. The van der Waals surface area contributed by atoms with Crippen LogP contribution in [0.2, 0.25) is 0 Å². The first-order valence-corrected chi connectivity index (χ1v) is 8.38. The zero-order chi connectivity index (χ0) is 15.2. The lowest BCUT2D eigenvalue weighted by Gasteiger charge is -2.27. The standard InChI is InChI=1S/C16H32N2O3/c1-13(2)15-17(7-11-20-15)5-9-19-10-6-18-8-12-21-16(18)14(3)4/h13-16H,5-12H2,1-4H3. The molecule has 0 saturated carbocycles. The van der Waals surface area contributed by atoms with Crippen LogP contribution in [0.4, 0.5) is 0 Å². The zero-order valence-corrected chi connectivity index (χ0v) is 14.1. The average molecular weight is 300 g/mol. The van der Waals surface area contributed by atoms with Crippen molar-refractivity contribution in [3.63, 3.8) is 0 Å². The normalized spacial score (nSPS) is 28.3. The minimum Gasteiger partial charge on any atom is -0.379 e. The molecule has 0 amide bonds. The van der Waals surface area contributed by atoms with Gasteiger partial charge in [-0.05, 0) is 11.8 Å². The molecule has 5 heteroatoms. The molecule has 0 aromatic carbocycles. The van der Waals surface area contributed by atoms with E-state index in [-0.39, 0.29) is 12.5 Å². The third-order valence-corrected chi connectivity index (χ3v) is 4.24. The Morgan fingerprint density at radius 2 is 1.29 bits per heavy atom. The molecule has 2 unspecified atom stereocenters. The molecular weight excluding hydrogens is 268 g/mol. The predicted octanol–water partition coefficient (Wildman–Crippen LogP) is 1.63. The molecule has 2 saturated heterocycles. The third kappa shape index (κ3) is 4.89. The molecule has 21 heavy (non-hydrogen) atoms. The maximum atomic E-state index is 5.82. The largest absolute Gasteiger partial charge is 0.379 e. The van der Waals surface area contributed by atoms with Gasteiger partial charge >= 0.3 is 0 Å². The van der Waals surface area contributed by atoms with Gasteiger partial charge in [-0.25, -0.2) is 0 Å². The van der Waals surface area contributed by atoms with Gasteiger partial charge in [-0.1, -0.05) is 27.7 Å². The summed E-state index contributed by atoms with van der Waals surface area (Å²) in [6.07, 6.45) is 0.539. The second-order valence-corrected chi connectivity index (χ2v) is 6.70. The monoisotopic (exact) mass is 300 g/mol. The Balaban J connectivity index is 1.58. The van der Waals surface area contributed by atoms with E-state index in [4.69, 9.17) is 14.2 Å². The van der Waals surface area contributed by atoms with E-state index in [1.54, 1.807) is 0 Å². The number of rotatable bonds is 8. The first-order valence-electron chi connectivity index (χ1n) is 8.38. The average Bonchev–Trinajstić information content (AvgIpc) is 3.06. The summed E-state index contributed by atoms with van der Waals surface area (Å²) in [7, 11) is 0. The molecule has 0 aromatic heterocycles. The Morgan fingerprint density at radius 1 is 0.857 bits per heavy atom. The molecule has 0 radical (unpaired) electrons. The Bertz CT molecular complexity index is 271. The van der Waals surface area contributed by atoms with E-state index in [0.29, 0.717) is 11.8 Å². The molecule has 2 atom stereocenters. The van der Waals surface area contributed by atoms with Crippen molar-refractivity contribution in [3.05, 3.63) is 0 Å². The van der Waals surface area contributed by atoms with E-state index in [0.717, 1.165) is 52.6 Å². The van der Waals surface area contributed by atoms with Crippen LogP contribution in [0, 0.1) is 11.8 Å². The van der Waals surface area contributed by atoms with E-state index in [1.165, 1.54) is 0 Å². The molecular formula is C16H32N2O3. The van der Waals surface area contributed by atoms with Gasteiger partial charge in [0.1, 0.15) is 12.5 Å². The summed E-state index contributed by atoms with van der Waals surface area (Å²) in [5.41, 5.74) is 0. The fraction of sp³-hybridized carbons (Fsp3) is 1.00. The Kier molecular flexibility index (Phi) is 6.89. The van der Waals surface area contributed by atoms with Crippen LogP contribution in [0.15, 0.2) is 0 Å². The van der Waals surface area contributed by atoms with Crippen LogP contribution in [-0.4, -0.2) is 74.9 Å². The molecule has 2 aliphatic rings. The van der Waals surface area contributed by atoms with Gasteiger partial charge in [0.05, 0.1) is 26.4 Å². The quantitative estimate of drug-likeness (QED) is 0.637. The van der Waals surface area contributed by atoms with Gasteiger partial charge in [-0.15, -0.1) is 0 Å². The molecule has 2 rings (SSSR count). The number of hydrogen-bond acceptors (Lipinski definition) is 5. The van der Waals surface area contributed by atoms with E-state index in [2.05, 4.69) is 37.5 Å². The fourth-order valence-corrected chi connectivity index (χ4v) is 3.22. The Morgan fingerprint density at radius 3 is 1.67 bits per heavy atom. The highest BCUT2D eigenvalue weighted by atomic mass is 16.5. The summed E-state index contributed by atoms with van der Waals surface area (Å²) in [4.78, 5) is 4.78. The number of ether oxygens (including phenoxy) is 3. The van der Waals surface area contributed by atoms with Crippen LogP contribution in [0.25, 0.3) is 0 Å². The summed E-state index contributed by atoms with van der Waals surface area (Å²) in [5, 5.41) is 0. The van der Waals surface area contributed by atoms with Gasteiger partial charge in [0.15, 0.2) is 0 Å². The van der Waals surface area contributed by atoms with Gasteiger partial charge in [-0.2, -0.15) is 0 Å². The second-order valence-electron chi connectivity index (χ2n) is 6.70. The van der Waals surface area contributed by atoms with Crippen molar-refractivity contribution < 1.29 is 14.2 Å². The first-order chi connectivity index (χ1) is 10.1. The number of nitrogens with zero attached hydrogens (tertiary/aromatic N) is 2. The molecule has 2 aliphatic heterocycles. The van der Waals surface area contributed by atoms with Crippen molar-refractivity contribution in [2.24, 2.45) is 11.8 Å². The van der Waals surface area contributed by atoms with Crippen LogP contribution >= 0.6 is 0 Å². The Hall–Kier alpha value is -0.200. The highest BCUT2D eigenvalue weighted by Crippen LogP contribution is 2.18. The summed E-state index contributed by atoms with van der Waals surface area (Å²) in [5.74, 6) is 1.09. The van der Waals surface area contributed by atoms with Gasteiger partial charge in [0, 0.05) is 26.2 Å². The maximum Gasteiger partial charge on any atom is 0.113 e. The summed E-state index contributed by atoms with van der Waals surface area (Å²) in [6, 6.07) is 0. The van der Waals surface area contributed by atoms with Gasteiger partial charge < -0.3 is 14.2 Å². The molecule has 0 N–H and O–H groups in total. The molecule has 0 bridgehead atoms. The minimum absolute atomic E-state index is 0.269. The lowest BCUT2D eigenvalue weighted by molar-refractivity contribution is -0.0257. The van der Waals surface area contributed by atoms with E-state index >= 15 is 0 Å². The van der Waals surface area contributed by atoms with Crippen molar-refractivity contribution in [1.29, 1.82) is 0 Å². The molecule has 124 valence electrons. The fourth-order valence-electron chi connectivity index (χ4n) is 3.22. The highest BCUT2D eigenvalue weighted by Gasteiger charge is 2.28. The van der Waals surface area contributed by atoms with Gasteiger partial charge in [-0.3, -0.25) is 9.80 Å². The molecule has 2 fully saturated rings. The molecule has 0 aliphatic carbocycles. The summed E-state index contributed by atoms with van der Waals surface area (Å²) in [6.45, 7) is 16.1. The van der Waals surface area contributed by atoms with Crippen molar-refractivity contribution in [3.8, 4) is 0 Å². The van der Waals surface area contributed by atoms with Crippen molar-refractivity contribution in [2.45, 2.75) is 40.2 Å². The van der Waals surface area contributed by atoms with Gasteiger partial charge in [0.2, 0.25) is 0 Å². The van der Waals surface area contributed by atoms with Gasteiger partial charge in [0.25, 0.3) is 0 Å². The smallest absolute Gasteiger partial charge is 0.113 e. The first kappa shape index (κ1) is 17.2. The van der Waals surface area contributed by atoms with Crippen molar-refractivity contribution >= 4 is 0 Å². The van der Waals surface area contributed by atoms with Crippen LogP contribution in [-0.2, 0) is 14.2 Å². The van der Waals surface area contributed by atoms with Crippen LogP contribution in [0.1, 0.15) is 27.7 Å². The van der Waals surface area contributed by atoms with Crippen molar-refractivity contribution in [1.82, 2.24) is 9.80 Å². The van der Waals surface area contributed by atoms with Crippen LogP contribution in [0.5, 0.6) is 0 Å². The molecule has 0 spiro atoms. The van der Waals surface area contributed by atoms with Crippen LogP contribution < -0.4 is 0 Å². The molecule has 0 aromatic rings. The number of hydrogen-bond donors (Lipinski definition) is 0. The Labute approximate surface area is 129 Å². The second kappa shape index (κ2) is 8.44. The lowest BCUT2D eigenvalue weighted by atomic mass is 10.2. The van der Waals surface area contributed by atoms with E-state index in [9.17, 15) is 0 Å². The topological polar surface area (TPSA) is 34.2 Å². The SMILES string of the molecule is CC(C)C1OCCN1CCOCCN1CCOC1C(C)C. The van der Waals surface area contributed by atoms with E-state index in [1.807, 2.05) is 0 Å². The third-order valence-electron chi connectivity index (χ3n) is 4.24. The predicted molar refractivity (Wildman–Crippen MR) is 83.1 cm³/mol. The zero-order valence-electron chi connectivity index (χ0n) is 14.1.